The number of benzene rings is 3. The van der Waals surface area contributed by atoms with E-state index in [1.54, 1.807) is 7.11 Å². The third-order valence-electron chi connectivity index (χ3n) is 6.59. The van der Waals surface area contributed by atoms with Crippen LogP contribution in [0.15, 0.2) is 71.8 Å². The van der Waals surface area contributed by atoms with Crippen molar-refractivity contribution in [3.8, 4) is 5.75 Å². The molecule has 0 atom stereocenters. The Hall–Kier alpha value is -3.04. The number of rotatable bonds is 4. The number of hydrogen-bond acceptors (Lipinski definition) is 2. The van der Waals surface area contributed by atoms with Gasteiger partial charge in [0.25, 0.3) is 0 Å². The molecule has 0 saturated carbocycles. The zero-order chi connectivity index (χ0) is 23.6. The zero-order valence-corrected chi connectivity index (χ0v) is 21.8. The first kappa shape index (κ1) is 23.1. The smallest absolute Gasteiger partial charge is 0.179 e. The molecule has 0 bridgehead atoms. The fourth-order valence-corrected chi connectivity index (χ4v) is 7.44. The summed E-state index contributed by atoms with van der Waals surface area (Å²) in [6.45, 7) is 11.3. The molecule has 0 unspecified atom stereocenters. The predicted octanol–water partition coefficient (Wildman–Crippen LogP) is 7.13. The quantitative estimate of drug-likeness (QED) is 0.424. The molecule has 0 radical (unpaired) electrons. The number of fused-ring (bicyclic) bond motifs is 2. The minimum atomic E-state index is -1.76. The Balaban J connectivity index is 0.000000196. The molecular weight excluding hydrogens is 418 g/mol. The van der Waals surface area contributed by atoms with E-state index in [1.165, 1.54) is 44.2 Å². The van der Waals surface area contributed by atoms with E-state index in [0.717, 1.165) is 24.3 Å². The molecule has 0 aliphatic heterocycles. The lowest BCUT2D eigenvalue weighted by atomic mass is 10.0. The topological polar surface area (TPSA) is 21.3 Å². The van der Waals surface area contributed by atoms with Gasteiger partial charge in [-0.3, -0.25) is 0 Å². The van der Waals surface area contributed by atoms with Crippen molar-refractivity contribution in [3.05, 3.63) is 99.6 Å². The molecule has 0 heterocycles. The lowest BCUT2D eigenvalue weighted by Crippen LogP contribution is -2.51. The molecule has 3 heteroatoms. The van der Waals surface area contributed by atoms with Crippen LogP contribution in [0, 0.1) is 6.92 Å². The first-order chi connectivity index (χ1) is 15.8. The largest absolute Gasteiger partial charge is 0.497 e. The van der Waals surface area contributed by atoms with Crippen LogP contribution in [0.5, 0.6) is 5.75 Å². The first-order valence-corrected chi connectivity index (χ1v) is 14.7. The molecule has 33 heavy (non-hydrogen) atoms. The summed E-state index contributed by atoms with van der Waals surface area (Å²) < 4.78 is 5.23. The summed E-state index contributed by atoms with van der Waals surface area (Å²) in [5.74, 6) is 0.894. The summed E-state index contributed by atoms with van der Waals surface area (Å²) in [6.07, 6.45) is 6.84. The summed E-state index contributed by atoms with van der Waals surface area (Å²) in [5.41, 5.74) is 11.4. The highest BCUT2D eigenvalue weighted by Gasteiger charge is 2.29. The second kappa shape index (κ2) is 9.44. The average Bonchev–Trinajstić information content (AvgIpc) is 3.36. The van der Waals surface area contributed by atoms with Crippen molar-refractivity contribution in [3.63, 3.8) is 0 Å². The Bertz CT molecular complexity index is 1220. The molecule has 170 valence electrons. The van der Waals surface area contributed by atoms with E-state index in [1.807, 2.05) is 12.1 Å². The lowest BCUT2D eigenvalue weighted by molar-refractivity contribution is 0.415. The summed E-state index contributed by atoms with van der Waals surface area (Å²) in [7, 11) is -0.0604. The van der Waals surface area contributed by atoms with Crippen LogP contribution in [0.25, 0.3) is 12.2 Å². The van der Waals surface area contributed by atoms with Crippen molar-refractivity contribution >= 4 is 31.3 Å². The maximum absolute atomic E-state index is 5.23. The third-order valence-corrected chi connectivity index (χ3v) is 9.32. The van der Waals surface area contributed by atoms with Gasteiger partial charge in [0.1, 0.15) is 5.75 Å². The monoisotopic (exact) mass is 453 g/mol. The molecule has 2 aliphatic rings. The molecule has 0 amide bonds. The number of aryl methyl sites for hydroxylation is 1. The fraction of sp³-hybridized carbons (Fsp3) is 0.267. The Morgan fingerprint density at radius 3 is 1.91 bits per heavy atom. The maximum Gasteiger partial charge on any atom is 0.179 e. The van der Waals surface area contributed by atoms with Crippen molar-refractivity contribution in [2.75, 3.05) is 12.1 Å². The van der Waals surface area contributed by atoms with Crippen LogP contribution in [-0.2, 0) is 12.8 Å². The highest BCUT2D eigenvalue weighted by molar-refractivity contribution is 6.92. The van der Waals surface area contributed by atoms with Gasteiger partial charge in [-0.2, -0.15) is 0 Å². The second-order valence-electron chi connectivity index (χ2n) is 9.83. The van der Waals surface area contributed by atoms with Crippen LogP contribution >= 0.6 is 0 Å². The molecule has 0 fully saturated rings. The van der Waals surface area contributed by atoms with Crippen LogP contribution in [0.3, 0.4) is 0 Å². The summed E-state index contributed by atoms with van der Waals surface area (Å²) in [6, 6.07) is 21.4. The van der Waals surface area contributed by atoms with Gasteiger partial charge in [0.15, 0.2) is 8.24 Å². The molecule has 1 N–H and O–H groups in total. The van der Waals surface area contributed by atoms with Gasteiger partial charge >= 0.3 is 0 Å². The average molecular weight is 454 g/mol. The standard InChI is InChI=1S/C19H23NOSi.C11H12/c1-14-12-15-6-5-7-19(18(15)13-14)22(3,4)20-16-8-10-17(21-2)11-9-16;1-8-6-10-5-3-4-9(2)11(10)7-8/h5-12,20H,13H2,1-4H3;3-6H,7H2,1-2H3. The molecule has 5 rings (SSSR count). The second-order valence-corrected chi connectivity index (χ2v) is 13.9. The van der Waals surface area contributed by atoms with Gasteiger partial charge in [0.05, 0.1) is 7.11 Å². The van der Waals surface area contributed by atoms with Gasteiger partial charge < -0.3 is 9.72 Å². The fourth-order valence-electron chi connectivity index (χ4n) is 4.92. The third kappa shape index (κ3) is 5.14. The van der Waals surface area contributed by atoms with Gasteiger partial charge in [-0.15, -0.1) is 0 Å². The highest BCUT2D eigenvalue weighted by atomic mass is 28.3. The normalized spacial score (nSPS) is 13.9. The van der Waals surface area contributed by atoms with Crippen molar-refractivity contribution < 1.29 is 4.74 Å². The van der Waals surface area contributed by atoms with Gasteiger partial charge in [-0.25, -0.2) is 0 Å². The van der Waals surface area contributed by atoms with Gasteiger partial charge in [-0.1, -0.05) is 59.7 Å². The van der Waals surface area contributed by atoms with Crippen molar-refractivity contribution in [1.82, 2.24) is 0 Å². The summed E-state index contributed by atoms with van der Waals surface area (Å²) in [5, 5.41) is 1.51. The SMILES string of the molecule is CC1=Cc2cccc(C)c2C1.COc1ccc(N[Si](C)(C)c2cccc3c2CC(C)=C3)cc1. The van der Waals surface area contributed by atoms with E-state index >= 15 is 0 Å². The first-order valence-electron chi connectivity index (χ1n) is 11.7. The van der Waals surface area contributed by atoms with Crippen molar-refractivity contribution in [2.45, 2.75) is 46.7 Å². The Morgan fingerprint density at radius 2 is 1.30 bits per heavy atom. The molecule has 0 saturated heterocycles. The number of anilines is 1. The van der Waals surface area contributed by atoms with E-state index in [9.17, 15) is 0 Å². The Kier molecular flexibility index (Phi) is 6.62. The van der Waals surface area contributed by atoms with Crippen LogP contribution in [0.2, 0.25) is 13.1 Å². The van der Waals surface area contributed by atoms with Crippen molar-refractivity contribution in [1.29, 1.82) is 0 Å². The lowest BCUT2D eigenvalue weighted by Gasteiger charge is -2.28. The van der Waals surface area contributed by atoms with E-state index in [0.29, 0.717) is 0 Å². The molecule has 3 aromatic rings. The van der Waals surface area contributed by atoms with Gasteiger partial charge in [0.2, 0.25) is 0 Å². The van der Waals surface area contributed by atoms with Crippen LogP contribution in [0.1, 0.15) is 41.7 Å². The van der Waals surface area contributed by atoms with E-state index in [2.05, 4.69) is 99.5 Å². The van der Waals surface area contributed by atoms with Crippen LogP contribution in [-0.4, -0.2) is 15.3 Å². The zero-order valence-electron chi connectivity index (χ0n) is 20.8. The van der Waals surface area contributed by atoms with Gasteiger partial charge in [-0.05, 0) is 104 Å². The highest BCUT2D eigenvalue weighted by Crippen LogP contribution is 2.27. The number of methoxy groups -OCH3 is 1. The number of hydrogen-bond donors (Lipinski definition) is 1. The predicted molar refractivity (Wildman–Crippen MR) is 146 cm³/mol. The molecule has 0 spiro atoms. The maximum atomic E-state index is 5.23. The minimum absolute atomic E-state index is 0.894. The van der Waals surface area contributed by atoms with E-state index < -0.39 is 8.24 Å². The van der Waals surface area contributed by atoms with Crippen molar-refractivity contribution in [2.24, 2.45) is 0 Å². The van der Waals surface area contributed by atoms with Crippen LogP contribution < -0.4 is 14.9 Å². The van der Waals surface area contributed by atoms with Crippen LogP contribution in [0.4, 0.5) is 5.69 Å². The summed E-state index contributed by atoms with van der Waals surface area (Å²) >= 11 is 0. The Morgan fingerprint density at radius 1 is 0.727 bits per heavy atom. The molecule has 0 aromatic heterocycles. The van der Waals surface area contributed by atoms with E-state index in [-0.39, 0.29) is 0 Å². The Labute approximate surface area is 200 Å². The molecular formula is C30H35NOSi. The van der Waals surface area contributed by atoms with Gasteiger partial charge in [0, 0.05) is 5.69 Å². The minimum Gasteiger partial charge on any atom is -0.497 e. The van der Waals surface area contributed by atoms with E-state index in [4.69, 9.17) is 4.74 Å². The molecule has 3 aromatic carbocycles. The summed E-state index contributed by atoms with van der Waals surface area (Å²) in [4.78, 5) is 3.79. The molecule has 2 aliphatic carbocycles. The number of nitrogens with one attached hydrogen (secondary N) is 1. The number of allylic oxidation sites excluding steroid dienone is 2. The number of ether oxygens (including phenoxy) is 1. The molecule has 2 nitrogen and oxygen atoms in total.